The van der Waals surface area contributed by atoms with Gasteiger partial charge in [0.2, 0.25) is 0 Å². The molecule has 2 aromatic heterocycles. The van der Waals surface area contributed by atoms with Gasteiger partial charge in [-0.2, -0.15) is 0 Å². The van der Waals surface area contributed by atoms with Gasteiger partial charge in [-0.25, -0.2) is 15.0 Å². The van der Waals surface area contributed by atoms with E-state index in [2.05, 4.69) is 21.5 Å². The molecule has 0 saturated heterocycles. The molecule has 0 saturated carbocycles. The molecule has 0 bridgehead atoms. The van der Waals surface area contributed by atoms with Crippen molar-refractivity contribution in [2.45, 2.75) is 6.54 Å². The Bertz CT molecular complexity index is 445. The minimum Gasteiger partial charge on any atom is -0.382 e. The van der Waals surface area contributed by atoms with Gasteiger partial charge in [0.15, 0.2) is 11.5 Å². The van der Waals surface area contributed by atoms with E-state index in [9.17, 15) is 0 Å². The number of nitrogens with two attached hydrogens (primary N) is 1. The van der Waals surface area contributed by atoms with Crippen LogP contribution in [0.4, 0.5) is 5.82 Å². The second-order valence-corrected chi connectivity index (χ2v) is 2.62. The summed E-state index contributed by atoms with van der Waals surface area (Å²) in [6.07, 6.45) is 4.86. The van der Waals surface area contributed by atoms with Gasteiger partial charge >= 0.3 is 0 Å². The predicted octanol–water partition coefficient (Wildman–Crippen LogP) is 0.594. The van der Waals surface area contributed by atoms with Crippen LogP contribution in [-0.2, 0) is 6.54 Å². The number of anilines is 1. The normalized spacial score (nSPS) is 10.5. The van der Waals surface area contributed by atoms with Crippen molar-refractivity contribution >= 4 is 17.0 Å². The summed E-state index contributed by atoms with van der Waals surface area (Å²) in [4.78, 5) is 12.0. The van der Waals surface area contributed by atoms with Crippen molar-refractivity contribution in [1.29, 1.82) is 0 Å². The number of imidazole rings is 1. The molecule has 0 aliphatic carbocycles. The Hall–Kier alpha value is -1.91. The van der Waals surface area contributed by atoms with Gasteiger partial charge in [-0.15, -0.1) is 6.58 Å². The van der Waals surface area contributed by atoms with Gasteiger partial charge in [0.25, 0.3) is 0 Å². The van der Waals surface area contributed by atoms with Crippen LogP contribution in [0.2, 0.25) is 0 Å². The molecule has 66 valence electrons. The molecule has 13 heavy (non-hydrogen) atoms. The lowest BCUT2D eigenvalue weighted by Crippen LogP contribution is -1.99. The molecule has 0 amide bonds. The number of nitrogen functional groups attached to an aromatic ring is 1. The van der Waals surface area contributed by atoms with E-state index in [1.54, 1.807) is 12.4 Å². The summed E-state index contributed by atoms with van der Waals surface area (Å²) in [5.74, 6) is 0.448. The number of hydrogen-bond donors (Lipinski definition) is 1. The van der Waals surface area contributed by atoms with Crippen molar-refractivity contribution in [3.05, 3.63) is 25.3 Å². The van der Waals surface area contributed by atoms with Gasteiger partial charge in [-0.3, -0.25) is 0 Å². The van der Waals surface area contributed by atoms with Crippen molar-refractivity contribution in [1.82, 2.24) is 19.5 Å². The monoisotopic (exact) mass is 175 g/mol. The largest absolute Gasteiger partial charge is 0.382 e. The maximum atomic E-state index is 5.69. The zero-order valence-corrected chi connectivity index (χ0v) is 7.01. The molecule has 2 rings (SSSR count). The average Bonchev–Trinajstić information content (AvgIpc) is 2.51. The highest BCUT2D eigenvalue weighted by atomic mass is 15.1. The minimum absolute atomic E-state index is 0.448. The highest BCUT2D eigenvalue weighted by Gasteiger charge is 2.05. The third-order valence-electron chi connectivity index (χ3n) is 1.76. The van der Waals surface area contributed by atoms with Gasteiger partial charge < -0.3 is 10.3 Å². The van der Waals surface area contributed by atoms with Gasteiger partial charge in [-0.05, 0) is 0 Å². The zero-order valence-electron chi connectivity index (χ0n) is 7.01. The van der Waals surface area contributed by atoms with Gasteiger partial charge in [0, 0.05) is 6.54 Å². The summed E-state index contributed by atoms with van der Waals surface area (Å²) >= 11 is 0. The highest BCUT2D eigenvalue weighted by molar-refractivity contribution is 5.81. The van der Waals surface area contributed by atoms with Crippen LogP contribution >= 0.6 is 0 Å². The van der Waals surface area contributed by atoms with Crippen LogP contribution in [0.5, 0.6) is 0 Å². The van der Waals surface area contributed by atoms with Crippen LogP contribution < -0.4 is 5.73 Å². The summed E-state index contributed by atoms with van der Waals surface area (Å²) in [7, 11) is 0. The van der Waals surface area contributed by atoms with E-state index >= 15 is 0 Å². The molecule has 0 spiro atoms. The number of fused-ring (bicyclic) bond motifs is 1. The van der Waals surface area contributed by atoms with Crippen LogP contribution in [-0.4, -0.2) is 19.5 Å². The Kier molecular flexibility index (Phi) is 1.70. The molecule has 2 heterocycles. The van der Waals surface area contributed by atoms with Crippen molar-refractivity contribution in [2.24, 2.45) is 0 Å². The molecule has 0 radical (unpaired) electrons. The topological polar surface area (TPSA) is 69.6 Å². The molecular formula is C8H9N5. The molecule has 0 unspecified atom stereocenters. The van der Waals surface area contributed by atoms with Gasteiger partial charge in [0.05, 0.1) is 6.33 Å². The third-order valence-corrected chi connectivity index (χ3v) is 1.76. The summed E-state index contributed by atoms with van der Waals surface area (Å²) < 4.78 is 1.86. The Balaban J connectivity index is 2.70. The Morgan fingerprint density at radius 3 is 3.08 bits per heavy atom. The van der Waals surface area contributed by atoms with Crippen molar-refractivity contribution in [2.75, 3.05) is 5.73 Å². The van der Waals surface area contributed by atoms with Crippen LogP contribution in [0, 0.1) is 0 Å². The first-order valence-corrected chi connectivity index (χ1v) is 3.85. The lowest BCUT2D eigenvalue weighted by Gasteiger charge is -1.99. The number of rotatable bonds is 2. The molecule has 0 aliphatic heterocycles. The van der Waals surface area contributed by atoms with Crippen LogP contribution in [0.25, 0.3) is 11.2 Å². The minimum atomic E-state index is 0.448. The highest BCUT2D eigenvalue weighted by Crippen LogP contribution is 2.14. The van der Waals surface area contributed by atoms with E-state index in [4.69, 9.17) is 5.73 Å². The molecule has 0 aromatic carbocycles. The Morgan fingerprint density at radius 2 is 2.31 bits per heavy atom. The van der Waals surface area contributed by atoms with Crippen molar-refractivity contribution < 1.29 is 0 Å². The molecule has 0 aliphatic rings. The summed E-state index contributed by atoms with van der Waals surface area (Å²) in [6.45, 7) is 4.30. The summed E-state index contributed by atoms with van der Waals surface area (Å²) in [6, 6.07) is 0. The first kappa shape index (κ1) is 7.72. The van der Waals surface area contributed by atoms with Crippen molar-refractivity contribution in [3.63, 3.8) is 0 Å². The maximum Gasteiger partial charge on any atom is 0.182 e. The second-order valence-electron chi connectivity index (χ2n) is 2.62. The predicted molar refractivity (Wildman–Crippen MR) is 49.9 cm³/mol. The number of hydrogen-bond acceptors (Lipinski definition) is 4. The Morgan fingerprint density at radius 1 is 1.46 bits per heavy atom. The first-order chi connectivity index (χ1) is 6.33. The van der Waals surface area contributed by atoms with E-state index in [-0.39, 0.29) is 0 Å². The SMILES string of the molecule is C=CCn1cnc2ncnc(N)c21. The van der Waals surface area contributed by atoms with E-state index in [0.717, 1.165) is 5.52 Å². The molecule has 5 nitrogen and oxygen atoms in total. The maximum absolute atomic E-state index is 5.69. The molecule has 2 aromatic rings. The fourth-order valence-corrected chi connectivity index (χ4v) is 1.21. The van der Waals surface area contributed by atoms with Gasteiger partial charge in [-0.1, -0.05) is 6.08 Å². The molecular weight excluding hydrogens is 166 g/mol. The molecule has 0 atom stereocenters. The number of nitrogens with zero attached hydrogens (tertiary/aromatic N) is 4. The Labute approximate surface area is 74.9 Å². The van der Waals surface area contributed by atoms with E-state index < -0.39 is 0 Å². The zero-order chi connectivity index (χ0) is 9.26. The molecule has 5 heteroatoms. The number of aromatic nitrogens is 4. The molecule has 2 N–H and O–H groups in total. The van der Waals surface area contributed by atoms with Crippen molar-refractivity contribution in [3.8, 4) is 0 Å². The average molecular weight is 175 g/mol. The third kappa shape index (κ3) is 1.14. The first-order valence-electron chi connectivity index (χ1n) is 3.85. The number of allylic oxidation sites excluding steroid dienone is 1. The van der Waals surface area contributed by atoms with Gasteiger partial charge in [0.1, 0.15) is 11.8 Å². The fourth-order valence-electron chi connectivity index (χ4n) is 1.21. The van der Waals surface area contributed by atoms with Crippen LogP contribution in [0.15, 0.2) is 25.3 Å². The van der Waals surface area contributed by atoms with E-state index in [1.807, 2.05) is 4.57 Å². The standard InChI is InChI=1S/C8H9N5/c1-2-3-13-5-12-8-6(13)7(9)10-4-11-8/h2,4-5H,1,3H2,(H2,9,10,11). The van der Waals surface area contributed by atoms with Crippen LogP contribution in [0.1, 0.15) is 0 Å². The second kappa shape index (κ2) is 2.85. The quantitative estimate of drug-likeness (QED) is 0.678. The molecule has 0 fully saturated rings. The lowest BCUT2D eigenvalue weighted by molar-refractivity contribution is 0.850. The summed E-state index contributed by atoms with van der Waals surface area (Å²) in [5.41, 5.74) is 7.07. The lowest BCUT2D eigenvalue weighted by atomic mass is 10.5. The fraction of sp³-hybridized carbons (Fsp3) is 0.125. The van der Waals surface area contributed by atoms with E-state index in [1.165, 1.54) is 6.33 Å². The smallest absolute Gasteiger partial charge is 0.182 e. The van der Waals surface area contributed by atoms with Crippen LogP contribution in [0.3, 0.4) is 0 Å². The summed E-state index contributed by atoms with van der Waals surface area (Å²) in [5, 5.41) is 0. The van der Waals surface area contributed by atoms with E-state index in [0.29, 0.717) is 18.0 Å².